The predicted molar refractivity (Wildman–Crippen MR) is 110 cm³/mol. The van der Waals surface area contributed by atoms with Crippen LogP contribution in [0.4, 0.5) is 4.39 Å². The molecule has 0 unspecified atom stereocenters. The summed E-state index contributed by atoms with van der Waals surface area (Å²) in [6, 6.07) is 16.7. The number of benzene rings is 2. The molecule has 0 atom stereocenters. The van der Waals surface area contributed by atoms with E-state index in [1.807, 2.05) is 61.7 Å². The SMILES string of the molecule is Cc1ccc2nc(C(C#N)=Cc3cc(C)n(-c4cccc(F)c4)c3C)[nH]c2c1. The van der Waals surface area contributed by atoms with Gasteiger partial charge in [0.05, 0.1) is 16.6 Å². The Labute approximate surface area is 162 Å². The molecule has 2 heterocycles. The van der Waals surface area contributed by atoms with Gasteiger partial charge < -0.3 is 9.55 Å². The minimum Gasteiger partial charge on any atom is -0.337 e. The third kappa shape index (κ3) is 3.10. The van der Waals surface area contributed by atoms with Crippen molar-refractivity contribution >= 4 is 22.7 Å². The molecule has 0 amide bonds. The van der Waals surface area contributed by atoms with Crippen molar-refractivity contribution in [3.63, 3.8) is 0 Å². The molecule has 28 heavy (non-hydrogen) atoms. The maximum Gasteiger partial charge on any atom is 0.149 e. The van der Waals surface area contributed by atoms with Crippen molar-refractivity contribution in [3.05, 3.63) is 82.7 Å². The number of H-pyrrole nitrogens is 1. The van der Waals surface area contributed by atoms with Crippen molar-refractivity contribution in [1.29, 1.82) is 5.26 Å². The number of imidazole rings is 1. The fraction of sp³-hybridized carbons (Fsp3) is 0.130. The van der Waals surface area contributed by atoms with Gasteiger partial charge in [-0.1, -0.05) is 12.1 Å². The van der Waals surface area contributed by atoms with Crippen molar-refractivity contribution < 1.29 is 4.39 Å². The highest BCUT2D eigenvalue weighted by Crippen LogP contribution is 2.26. The summed E-state index contributed by atoms with van der Waals surface area (Å²) in [5.74, 6) is 0.260. The first-order valence-electron chi connectivity index (χ1n) is 8.99. The third-order valence-corrected chi connectivity index (χ3v) is 4.85. The van der Waals surface area contributed by atoms with Gasteiger partial charge in [0.1, 0.15) is 17.7 Å². The summed E-state index contributed by atoms with van der Waals surface area (Å²) in [6.07, 6.45) is 1.82. The molecule has 4 nitrogen and oxygen atoms in total. The lowest BCUT2D eigenvalue weighted by Crippen LogP contribution is -1.99. The van der Waals surface area contributed by atoms with E-state index >= 15 is 0 Å². The number of rotatable bonds is 3. The zero-order valence-electron chi connectivity index (χ0n) is 15.9. The summed E-state index contributed by atoms with van der Waals surface area (Å²) in [4.78, 5) is 7.78. The van der Waals surface area contributed by atoms with Crippen molar-refractivity contribution in [2.75, 3.05) is 0 Å². The Bertz CT molecular complexity index is 1270. The van der Waals surface area contributed by atoms with Gasteiger partial charge in [0, 0.05) is 17.1 Å². The van der Waals surface area contributed by atoms with E-state index in [-0.39, 0.29) is 5.82 Å². The van der Waals surface area contributed by atoms with Crippen LogP contribution in [0, 0.1) is 37.9 Å². The molecule has 4 aromatic rings. The van der Waals surface area contributed by atoms with Crippen molar-refractivity contribution in [2.45, 2.75) is 20.8 Å². The molecular weight excluding hydrogens is 351 g/mol. The second-order valence-corrected chi connectivity index (χ2v) is 6.92. The molecule has 0 saturated carbocycles. The van der Waals surface area contributed by atoms with E-state index in [1.54, 1.807) is 6.07 Å². The largest absolute Gasteiger partial charge is 0.337 e. The minimum absolute atomic E-state index is 0.280. The standard InChI is InChI=1S/C23H19FN4/c1-14-7-8-21-22(9-14)27-23(26-21)18(13-25)11-17-10-15(2)28(16(17)3)20-6-4-5-19(24)12-20/h4-12H,1-3H3,(H,26,27). The molecular formula is C23H19FN4. The Morgan fingerprint density at radius 3 is 2.71 bits per heavy atom. The smallest absolute Gasteiger partial charge is 0.149 e. The second-order valence-electron chi connectivity index (χ2n) is 6.92. The number of hydrogen-bond acceptors (Lipinski definition) is 2. The number of nitriles is 1. The van der Waals surface area contributed by atoms with Crippen molar-refractivity contribution in [3.8, 4) is 11.8 Å². The van der Waals surface area contributed by atoms with Gasteiger partial charge in [0.15, 0.2) is 0 Å². The van der Waals surface area contributed by atoms with Crippen LogP contribution in [-0.2, 0) is 0 Å². The lowest BCUT2D eigenvalue weighted by Gasteiger charge is -2.09. The number of nitrogens with zero attached hydrogens (tertiary/aromatic N) is 3. The van der Waals surface area contributed by atoms with Crippen LogP contribution in [0.15, 0.2) is 48.5 Å². The average Bonchev–Trinajstić information content (AvgIpc) is 3.19. The van der Waals surface area contributed by atoms with Gasteiger partial charge in [0.25, 0.3) is 0 Å². The van der Waals surface area contributed by atoms with Gasteiger partial charge in [-0.3, -0.25) is 0 Å². The minimum atomic E-state index is -0.280. The lowest BCUT2D eigenvalue weighted by atomic mass is 10.1. The molecule has 0 fully saturated rings. The summed E-state index contributed by atoms with van der Waals surface area (Å²) in [5, 5.41) is 9.71. The monoisotopic (exact) mass is 370 g/mol. The highest BCUT2D eigenvalue weighted by atomic mass is 19.1. The number of fused-ring (bicyclic) bond motifs is 1. The van der Waals surface area contributed by atoms with Gasteiger partial charge in [-0.2, -0.15) is 5.26 Å². The molecule has 2 aromatic heterocycles. The maximum absolute atomic E-state index is 13.7. The van der Waals surface area contributed by atoms with E-state index in [1.165, 1.54) is 12.1 Å². The second kappa shape index (κ2) is 6.82. The van der Waals surface area contributed by atoms with Crippen LogP contribution in [0.3, 0.4) is 0 Å². The van der Waals surface area contributed by atoms with E-state index < -0.39 is 0 Å². The molecule has 0 saturated heterocycles. The molecule has 2 aromatic carbocycles. The quantitative estimate of drug-likeness (QED) is 0.485. The van der Waals surface area contributed by atoms with Gasteiger partial charge in [-0.25, -0.2) is 9.37 Å². The summed E-state index contributed by atoms with van der Waals surface area (Å²) >= 11 is 0. The van der Waals surface area contributed by atoms with Crippen molar-refractivity contribution in [2.24, 2.45) is 0 Å². The first kappa shape index (κ1) is 17.7. The number of aromatic amines is 1. The van der Waals surface area contributed by atoms with Crippen LogP contribution in [0.5, 0.6) is 0 Å². The molecule has 138 valence electrons. The van der Waals surface area contributed by atoms with E-state index in [9.17, 15) is 9.65 Å². The van der Waals surface area contributed by atoms with E-state index in [2.05, 4.69) is 16.0 Å². The van der Waals surface area contributed by atoms with Crippen LogP contribution in [-0.4, -0.2) is 14.5 Å². The van der Waals surface area contributed by atoms with Crippen LogP contribution in [0.1, 0.15) is 28.3 Å². The fourth-order valence-electron chi connectivity index (χ4n) is 3.51. The molecule has 0 spiro atoms. The highest BCUT2D eigenvalue weighted by molar-refractivity contribution is 5.91. The van der Waals surface area contributed by atoms with E-state index in [4.69, 9.17) is 0 Å². The number of nitrogens with one attached hydrogen (secondary N) is 1. The van der Waals surface area contributed by atoms with Crippen LogP contribution in [0.25, 0.3) is 28.4 Å². The molecule has 0 radical (unpaired) electrons. The molecule has 0 aliphatic heterocycles. The third-order valence-electron chi connectivity index (χ3n) is 4.85. The zero-order valence-corrected chi connectivity index (χ0v) is 15.9. The van der Waals surface area contributed by atoms with Crippen LogP contribution >= 0.6 is 0 Å². The van der Waals surface area contributed by atoms with Crippen molar-refractivity contribution in [1.82, 2.24) is 14.5 Å². The van der Waals surface area contributed by atoms with Gasteiger partial charge >= 0.3 is 0 Å². The van der Waals surface area contributed by atoms with E-state index in [0.29, 0.717) is 11.4 Å². The number of aryl methyl sites for hydroxylation is 2. The number of allylic oxidation sites excluding steroid dienone is 1. The Hall–Kier alpha value is -3.65. The van der Waals surface area contributed by atoms with E-state index in [0.717, 1.165) is 39.2 Å². The van der Waals surface area contributed by atoms with Crippen LogP contribution < -0.4 is 0 Å². The number of aromatic nitrogens is 3. The zero-order chi connectivity index (χ0) is 19.8. The normalized spacial score (nSPS) is 11.8. The average molecular weight is 370 g/mol. The highest BCUT2D eigenvalue weighted by Gasteiger charge is 2.13. The lowest BCUT2D eigenvalue weighted by molar-refractivity contribution is 0.626. The molecule has 0 aliphatic carbocycles. The first-order chi connectivity index (χ1) is 13.5. The molecule has 0 bridgehead atoms. The maximum atomic E-state index is 13.7. The molecule has 4 rings (SSSR count). The van der Waals surface area contributed by atoms with Crippen LogP contribution in [0.2, 0.25) is 0 Å². The molecule has 1 N–H and O–H groups in total. The number of hydrogen-bond donors (Lipinski definition) is 1. The fourth-order valence-corrected chi connectivity index (χ4v) is 3.51. The topological polar surface area (TPSA) is 57.4 Å². The Morgan fingerprint density at radius 2 is 1.96 bits per heavy atom. The Balaban J connectivity index is 1.80. The summed E-state index contributed by atoms with van der Waals surface area (Å²) in [7, 11) is 0. The molecule has 0 aliphatic rings. The van der Waals surface area contributed by atoms with Gasteiger partial charge in [0.2, 0.25) is 0 Å². The van der Waals surface area contributed by atoms with Gasteiger partial charge in [-0.15, -0.1) is 0 Å². The number of halogens is 1. The van der Waals surface area contributed by atoms with Gasteiger partial charge in [-0.05, 0) is 74.4 Å². The summed E-state index contributed by atoms with van der Waals surface area (Å²) in [6.45, 7) is 5.94. The Morgan fingerprint density at radius 1 is 1.14 bits per heavy atom. The predicted octanol–water partition coefficient (Wildman–Crippen LogP) is 5.48. The first-order valence-corrected chi connectivity index (χ1v) is 8.99. The summed E-state index contributed by atoms with van der Waals surface area (Å²) < 4.78 is 15.6. The Kier molecular flexibility index (Phi) is 4.32. The summed E-state index contributed by atoms with van der Waals surface area (Å²) in [5.41, 5.74) is 6.86. The molecule has 5 heteroatoms.